The molecule has 0 aromatic rings. The predicted octanol–water partition coefficient (Wildman–Crippen LogP) is 3.28. The van der Waals surface area contributed by atoms with Gasteiger partial charge in [0.05, 0.1) is 5.54 Å². The van der Waals surface area contributed by atoms with Crippen molar-refractivity contribution in [3.05, 3.63) is 18.7 Å². The molecule has 2 aliphatic rings. The van der Waals surface area contributed by atoms with E-state index >= 15 is 0 Å². The molecule has 0 saturated heterocycles. The van der Waals surface area contributed by atoms with Crippen molar-refractivity contribution in [2.45, 2.75) is 65.3 Å². The van der Waals surface area contributed by atoms with Gasteiger partial charge in [-0.25, -0.2) is 0 Å². The lowest BCUT2D eigenvalue weighted by Crippen LogP contribution is -2.97. The lowest BCUT2D eigenvalue weighted by atomic mass is 9.53. The number of nitrogens with two attached hydrogens (primary N) is 1. The van der Waals surface area contributed by atoms with Gasteiger partial charge in [0.25, 0.3) is 0 Å². The number of fused-ring (bicyclic) bond motifs is 1. The summed E-state index contributed by atoms with van der Waals surface area (Å²) < 4.78 is 0. The minimum Gasteiger partial charge on any atom is -0.470 e. The molecule has 2 rings (SSSR count). The van der Waals surface area contributed by atoms with E-state index < -0.39 is 0 Å². The molecular formula is C16H29N. The van der Waals surface area contributed by atoms with Crippen LogP contribution in [-0.2, 0) is 0 Å². The first-order chi connectivity index (χ1) is 7.95. The molecule has 0 radical (unpaired) electrons. The number of allylic oxidation sites excluding steroid dienone is 1. The Morgan fingerprint density at radius 1 is 1.41 bits per heavy atom. The smallest absolute Gasteiger partial charge is 0.0991 e. The van der Waals surface area contributed by atoms with Crippen LogP contribution in [0.3, 0.4) is 0 Å². The fraction of sp³-hybridized carbons (Fsp3) is 0.812. The van der Waals surface area contributed by atoms with Gasteiger partial charge in [-0.1, -0.05) is 39.7 Å². The summed E-state index contributed by atoms with van der Waals surface area (Å²) in [5.41, 5.74) is 2.39. The maximum absolute atomic E-state index is 4.20. The average molecular weight is 235 g/mol. The SMILES string of the molecule is [CH2-][NH2+]C12C=C(C(C)C)CCC1(C)CCCC2C. The number of rotatable bonds is 2. The Bertz CT molecular complexity index is 317. The van der Waals surface area contributed by atoms with E-state index in [9.17, 15) is 0 Å². The molecule has 0 aromatic carbocycles. The number of quaternary nitrogens is 1. The molecule has 3 atom stereocenters. The molecule has 0 heterocycles. The zero-order valence-electron chi connectivity index (χ0n) is 12.1. The van der Waals surface area contributed by atoms with Gasteiger partial charge in [0.1, 0.15) is 0 Å². The van der Waals surface area contributed by atoms with E-state index in [1.165, 1.54) is 32.1 Å². The van der Waals surface area contributed by atoms with E-state index in [1.807, 2.05) is 0 Å². The van der Waals surface area contributed by atoms with E-state index in [2.05, 4.69) is 46.1 Å². The molecule has 1 saturated carbocycles. The Balaban J connectivity index is 2.44. The van der Waals surface area contributed by atoms with Crippen molar-refractivity contribution < 1.29 is 5.32 Å². The summed E-state index contributed by atoms with van der Waals surface area (Å²) >= 11 is 0. The third-order valence-corrected chi connectivity index (χ3v) is 5.70. The van der Waals surface area contributed by atoms with Crippen LogP contribution in [-0.4, -0.2) is 5.54 Å². The zero-order valence-corrected chi connectivity index (χ0v) is 12.1. The Hall–Kier alpha value is -0.300. The summed E-state index contributed by atoms with van der Waals surface area (Å²) in [5, 5.41) is 2.28. The van der Waals surface area contributed by atoms with Crippen molar-refractivity contribution in [2.75, 3.05) is 0 Å². The van der Waals surface area contributed by atoms with Gasteiger partial charge in [-0.2, -0.15) is 7.05 Å². The van der Waals surface area contributed by atoms with Crippen LogP contribution in [0.15, 0.2) is 11.6 Å². The highest BCUT2D eigenvalue weighted by molar-refractivity contribution is 5.24. The summed E-state index contributed by atoms with van der Waals surface area (Å²) in [6, 6.07) is 0. The average Bonchev–Trinajstić information content (AvgIpc) is 2.28. The quantitative estimate of drug-likeness (QED) is 0.559. The molecule has 1 nitrogen and oxygen atoms in total. The summed E-state index contributed by atoms with van der Waals surface area (Å²) in [6.07, 6.45) is 9.41. The van der Waals surface area contributed by atoms with Crippen molar-refractivity contribution in [2.24, 2.45) is 17.3 Å². The van der Waals surface area contributed by atoms with Crippen molar-refractivity contribution >= 4 is 0 Å². The standard InChI is InChI=1S/C16H29N/c1-12(2)14-8-10-15(4)9-6-7-13(3)16(15,11-14)17-5/h11-13H,5-10,17H2,1-4H3. The minimum absolute atomic E-state index is 0.267. The van der Waals surface area contributed by atoms with Gasteiger partial charge in [0, 0.05) is 11.3 Å². The van der Waals surface area contributed by atoms with E-state index in [-0.39, 0.29) is 5.54 Å². The molecule has 1 heteroatoms. The first kappa shape index (κ1) is 13.1. The van der Waals surface area contributed by atoms with Crippen LogP contribution in [0.1, 0.15) is 59.8 Å². The van der Waals surface area contributed by atoms with Crippen LogP contribution in [0.25, 0.3) is 0 Å². The van der Waals surface area contributed by atoms with Crippen LogP contribution < -0.4 is 5.32 Å². The van der Waals surface area contributed by atoms with E-state index in [1.54, 1.807) is 5.57 Å². The molecule has 0 aromatic heterocycles. The topological polar surface area (TPSA) is 16.6 Å². The maximum Gasteiger partial charge on any atom is 0.0991 e. The zero-order chi connectivity index (χ0) is 12.7. The molecule has 0 spiro atoms. The molecule has 98 valence electrons. The third-order valence-electron chi connectivity index (χ3n) is 5.70. The lowest BCUT2D eigenvalue weighted by molar-refractivity contribution is -0.692. The van der Waals surface area contributed by atoms with Crippen LogP contribution in [0.4, 0.5) is 0 Å². The molecule has 17 heavy (non-hydrogen) atoms. The summed E-state index contributed by atoms with van der Waals surface area (Å²) in [4.78, 5) is 0. The molecule has 0 bridgehead atoms. The van der Waals surface area contributed by atoms with Gasteiger partial charge in [-0.15, -0.1) is 0 Å². The van der Waals surface area contributed by atoms with Crippen LogP contribution >= 0.6 is 0 Å². The fourth-order valence-corrected chi connectivity index (χ4v) is 4.27. The summed E-state index contributed by atoms with van der Waals surface area (Å²) in [7, 11) is 4.20. The Morgan fingerprint density at radius 3 is 2.71 bits per heavy atom. The first-order valence-corrected chi connectivity index (χ1v) is 7.30. The molecule has 0 aliphatic heterocycles. The molecule has 3 unspecified atom stereocenters. The van der Waals surface area contributed by atoms with Crippen LogP contribution in [0.5, 0.6) is 0 Å². The fourth-order valence-electron chi connectivity index (χ4n) is 4.27. The molecule has 0 amide bonds. The second-order valence-electron chi connectivity index (χ2n) is 6.87. The summed E-state index contributed by atoms with van der Waals surface area (Å²) in [6.45, 7) is 9.59. The first-order valence-electron chi connectivity index (χ1n) is 7.30. The number of hydrogen-bond donors (Lipinski definition) is 1. The highest BCUT2D eigenvalue weighted by Crippen LogP contribution is 2.52. The van der Waals surface area contributed by atoms with E-state index in [0.717, 1.165) is 5.92 Å². The second-order valence-corrected chi connectivity index (χ2v) is 6.87. The molecule has 2 N–H and O–H groups in total. The van der Waals surface area contributed by atoms with Gasteiger partial charge in [-0.3, -0.25) is 0 Å². The van der Waals surface area contributed by atoms with Crippen LogP contribution in [0.2, 0.25) is 0 Å². The van der Waals surface area contributed by atoms with Crippen molar-refractivity contribution in [1.82, 2.24) is 0 Å². The highest BCUT2D eigenvalue weighted by Gasteiger charge is 2.54. The monoisotopic (exact) mass is 235 g/mol. The summed E-state index contributed by atoms with van der Waals surface area (Å²) in [5.74, 6) is 1.46. The molecule has 2 aliphatic carbocycles. The van der Waals surface area contributed by atoms with Crippen LogP contribution in [0, 0.1) is 24.3 Å². The Morgan fingerprint density at radius 2 is 2.12 bits per heavy atom. The Kier molecular flexibility index (Phi) is 3.42. The van der Waals surface area contributed by atoms with E-state index in [0.29, 0.717) is 11.3 Å². The normalized spacial score (nSPS) is 42.2. The van der Waals surface area contributed by atoms with Gasteiger partial charge >= 0.3 is 0 Å². The minimum atomic E-state index is 0.267. The number of hydrogen-bond acceptors (Lipinski definition) is 0. The maximum atomic E-state index is 4.20. The predicted molar refractivity (Wildman–Crippen MR) is 73.3 cm³/mol. The second kappa shape index (κ2) is 4.42. The largest absolute Gasteiger partial charge is 0.470 e. The lowest BCUT2D eigenvalue weighted by Gasteiger charge is -2.56. The molecule has 1 fully saturated rings. The third kappa shape index (κ3) is 1.87. The van der Waals surface area contributed by atoms with Gasteiger partial charge in [0.2, 0.25) is 0 Å². The highest BCUT2D eigenvalue weighted by atomic mass is 15.0. The van der Waals surface area contributed by atoms with Gasteiger partial charge in [-0.05, 0) is 37.7 Å². The van der Waals surface area contributed by atoms with E-state index in [4.69, 9.17) is 0 Å². The molecular weight excluding hydrogens is 206 g/mol. The van der Waals surface area contributed by atoms with Crippen molar-refractivity contribution in [3.63, 3.8) is 0 Å². The van der Waals surface area contributed by atoms with Gasteiger partial charge in [0.15, 0.2) is 0 Å². The van der Waals surface area contributed by atoms with Gasteiger partial charge < -0.3 is 5.32 Å². The Labute approximate surface area is 107 Å². The van der Waals surface area contributed by atoms with Crippen molar-refractivity contribution in [1.29, 1.82) is 0 Å². The van der Waals surface area contributed by atoms with Crippen molar-refractivity contribution in [3.8, 4) is 0 Å².